The van der Waals surface area contributed by atoms with Gasteiger partial charge in [0.2, 0.25) is 0 Å². The maximum Gasteiger partial charge on any atom is 0.341 e. The van der Waals surface area contributed by atoms with Gasteiger partial charge in [0, 0.05) is 16.5 Å². The lowest BCUT2D eigenvalue weighted by atomic mass is 10.2. The van der Waals surface area contributed by atoms with Crippen LogP contribution in [0, 0.1) is 13.8 Å². The Morgan fingerprint density at radius 2 is 2.17 bits per heavy atom. The van der Waals surface area contributed by atoms with E-state index >= 15 is 0 Å². The van der Waals surface area contributed by atoms with Gasteiger partial charge in [-0.3, -0.25) is 0 Å². The number of hydrogen-bond acceptors (Lipinski definition) is 7. The number of aromatic nitrogens is 5. The van der Waals surface area contributed by atoms with E-state index in [0.29, 0.717) is 11.4 Å². The lowest BCUT2D eigenvalue weighted by molar-refractivity contribution is -0.139. The number of carboxylic acid groups (broad SMARTS) is 1. The zero-order chi connectivity index (χ0) is 16.4. The first-order valence-electron chi connectivity index (χ1n) is 6.70. The summed E-state index contributed by atoms with van der Waals surface area (Å²) < 4.78 is 5.29. The molecule has 1 N–H and O–H groups in total. The van der Waals surface area contributed by atoms with Crippen molar-refractivity contribution in [2.24, 2.45) is 0 Å². The summed E-state index contributed by atoms with van der Waals surface area (Å²) in [5.74, 6) is -0.639. The zero-order valence-corrected chi connectivity index (χ0v) is 13.2. The van der Waals surface area contributed by atoms with Gasteiger partial charge in [-0.05, 0) is 31.2 Å². The summed E-state index contributed by atoms with van der Waals surface area (Å²) in [6.07, 6.45) is 1.32. The molecular formula is C14H13N5O3S. The van der Waals surface area contributed by atoms with Crippen molar-refractivity contribution in [3.63, 3.8) is 0 Å². The van der Waals surface area contributed by atoms with E-state index in [4.69, 9.17) is 9.84 Å². The second-order valence-electron chi connectivity index (χ2n) is 4.78. The summed E-state index contributed by atoms with van der Waals surface area (Å²) in [6.45, 7) is 3.52. The lowest BCUT2D eigenvalue weighted by Crippen LogP contribution is -2.10. The molecule has 23 heavy (non-hydrogen) atoms. The highest BCUT2D eigenvalue weighted by Gasteiger charge is 2.12. The molecule has 0 aliphatic heterocycles. The van der Waals surface area contributed by atoms with Gasteiger partial charge < -0.3 is 9.84 Å². The standard InChI is InChI=1S/C14H13N5O3S/c1-8-9(2)23-14(17-8)10-3-11(19-16-7-15-18-19)5-12(4-10)22-6-13(20)21/h3-5,7H,6H2,1-2H3,(H,20,21). The van der Waals surface area contributed by atoms with Gasteiger partial charge in [0.15, 0.2) is 12.9 Å². The molecule has 0 radical (unpaired) electrons. The molecule has 1 aromatic carbocycles. The summed E-state index contributed by atoms with van der Waals surface area (Å²) >= 11 is 1.56. The van der Waals surface area contributed by atoms with Gasteiger partial charge in [0.1, 0.15) is 10.8 Å². The minimum absolute atomic E-state index is 0.405. The van der Waals surface area contributed by atoms with Crippen LogP contribution in [-0.4, -0.2) is 42.9 Å². The fourth-order valence-corrected chi connectivity index (χ4v) is 2.83. The Labute approximate surface area is 135 Å². The molecule has 0 saturated heterocycles. The molecular weight excluding hydrogens is 318 g/mol. The van der Waals surface area contributed by atoms with Crippen LogP contribution >= 0.6 is 11.3 Å². The highest BCUT2D eigenvalue weighted by Crippen LogP contribution is 2.31. The van der Waals surface area contributed by atoms with Gasteiger partial charge in [-0.2, -0.15) is 0 Å². The number of rotatable bonds is 5. The number of benzene rings is 1. The first-order chi connectivity index (χ1) is 11.0. The van der Waals surface area contributed by atoms with E-state index in [-0.39, 0.29) is 0 Å². The van der Waals surface area contributed by atoms with Crippen molar-refractivity contribution in [1.29, 1.82) is 0 Å². The van der Waals surface area contributed by atoms with Gasteiger partial charge in [-0.25, -0.2) is 9.78 Å². The van der Waals surface area contributed by atoms with Gasteiger partial charge in [-0.1, -0.05) is 0 Å². The van der Waals surface area contributed by atoms with Crippen LogP contribution in [0.25, 0.3) is 16.3 Å². The average molecular weight is 331 g/mol. The van der Waals surface area contributed by atoms with Crippen LogP contribution in [0.15, 0.2) is 24.5 Å². The van der Waals surface area contributed by atoms with Gasteiger partial charge >= 0.3 is 5.97 Å². The van der Waals surface area contributed by atoms with Crippen molar-refractivity contribution >= 4 is 17.3 Å². The minimum Gasteiger partial charge on any atom is -0.482 e. The predicted molar refractivity (Wildman–Crippen MR) is 82.9 cm³/mol. The molecule has 0 saturated carbocycles. The molecule has 0 bridgehead atoms. The zero-order valence-electron chi connectivity index (χ0n) is 12.4. The molecule has 2 aromatic heterocycles. The number of carboxylic acids is 1. The molecule has 3 rings (SSSR count). The molecule has 0 fully saturated rings. The van der Waals surface area contributed by atoms with Gasteiger partial charge in [-0.15, -0.1) is 26.3 Å². The van der Waals surface area contributed by atoms with Crippen LogP contribution < -0.4 is 4.74 Å². The van der Waals surface area contributed by atoms with Crippen molar-refractivity contribution in [2.75, 3.05) is 6.61 Å². The molecule has 0 aliphatic rings. The highest BCUT2D eigenvalue weighted by molar-refractivity contribution is 7.15. The van der Waals surface area contributed by atoms with Crippen molar-refractivity contribution in [1.82, 2.24) is 25.2 Å². The number of ether oxygens (including phenoxy) is 1. The van der Waals surface area contributed by atoms with Crippen LogP contribution in [0.1, 0.15) is 10.6 Å². The van der Waals surface area contributed by atoms with E-state index in [1.54, 1.807) is 23.5 Å². The molecule has 0 spiro atoms. The summed E-state index contributed by atoms with van der Waals surface area (Å²) in [5.41, 5.74) is 2.38. The van der Waals surface area contributed by atoms with Crippen LogP contribution in [-0.2, 0) is 4.79 Å². The van der Waals surface area contributed by atoms with Crippen molar-refractivity contribution in [3.8, 4) is 22.0 Å². The van der Waals surface area contributed by atoms with E-state index in [0.717, 1.165) is 21.1 Å². The first-order valence-corrected chi connectivity index (χ1v) is 7.52. The van der Waals surface area contributed by atoms with Crippen LogP contribution in [0.2, 0.25) is 0 Å². The van der Waals surface area contributed by atoms with E-state index in [2.05, 4.69) is 20.4 Å². The quantitative estimate of drug-likeness (QED) is 0.761. The molecule has 0 amide bonds. The normalized spacial score (nSPS) is 10.7. The fraction of sp³-hybridized carbons (Fsp3) is 0.214. The van der Waals surface area contributed by atoms with Crippen LogP contribution in [0.5, 0.6) is 5.75 Å². The predicted octanol–water partition coefficient (Wildman–Crippen LogP) is 1.87. The number of carbonyl (C=O) groups is 1. The summed E-state index contributed by atoms with van der Waals surface area (Å²) in [7, 11) is 0. The topological polar surface area (TPSA) is 103 Å². The lowest BCUT2D eigenvalue weighted by Gasteiger charge is -2.08. The second kappa shape index (κ2) is 6.13. The molecule has 0 atom stereocenters. The van der Waals surface area contributed by atoms with Crippen molar-refractivity contribution < 1.29 is 14.6 Å². The molecule has 0 aliphatic carbocycles. The van der Waals surface area contributed by atoms with Gasteiger partial charge in [0.05, 0.1) is 11.4 Å². The third kappa shape index (κ3) is 3.34. The molecule has 8 nitrogen and oxygen atoms in total. The van der Waals surface area contributed by atoms with Crippen LogP contribution in [0.3, 0.4) is 0 Å². The SMILES string of the molecule is Cc1nc(-c2cc(OCC(=O)O)cc(-n3ncnn3)c2)sc1C. The largest absolute Gasteiger partial charge is 0.482 e. The summed E-state index contributed by atoms with van der Waals surface area (Å²) in [5, 5.41) is 21.1. The third-order valence-corrected chi connectivity index (χ3v) is 4.23. The van der Waals surface area contributed by atoms with E-state index < -0.39 is 12.6 Å². The Morgan fingerprint density at radius 1 is 1.35 bits per heavy atom. The van der Waals surface area contributed by atoms with Crippen LogP contribution in [0.4, 0.5) is 0 Å². The van der Waals surface area contributed by atoms with E-state index in [9.17, 15) is 4.79 Å². The Bertz CT molecular complexity index is 825. The first kappa shape index (κ1) is 15.1. The molecule has 0 unspecified atom stereocenters. The number of tetrazole rings is 1. The Morgan fingerprint density at radius 3 is 2.78 bits per heavy atom. The van der Waals surface area contributed by atoms with Crippen molar-refractivity contribution in [2.45, 2.75) is 13.8 Å². The average Bonchev–Trinajstić information content (AvgIpc) is 3.16. The third-order valence-electron chi connectivity index (χ3n) is 3.11. The fourth-order valence-electron chi connectivity index (χ4n) is 1.93. The molecule has 3 aromatic rings. The molecule has 2 heterocycles. The maximum atomic E-state index is 10.7. The van der Waals surface area contributed by atoms with E-state index in [1.807, 2.05) is 19.9 Å². The summed E-state index contributed by atoms with van der Waals surface area (Å²) in [6, 6.07) is 5.26. The number of aryl methyl sites for hydroxylation is 2. The number of thiazole rings is 1. The maximum absolute atomic E-state index is 10.7. The Kier molecular flexibility index (Phi) is 4.02. The molecule has 9 heteroatoms. The number of nitrogens with zero attached hydrogens (tertiary/aromatic N) is 5. The van der Waals surface area contributed by atoms with Gasteiger partial charge in [0.25, 0.3) is 0 Å². The van der Waals surface area contributed by atoms with Crippen molar-refractivity contribution in [3.05, 3.63) is 35.1 Å². The van der Waals surface area contributed by atoms with E-state index in [1.165, 1.54) is 11.1 Å². The smallest absolute Gasteiger partial charge is 0.341 e. The molecule has 118 valence electrons. The Balaban J connectivity index is 2.05. The minimum atomic E-state index is -1.04. The second-order valence-corrected chi connectivity index (χ2v) is 5.99. The number of hydrogen-bond donors (Lipinski definition) is 1. The monoisotopic (exact) mass is 331 g/mol. The highest BCUT2D eigenvalue weighted by atomic mass is 32.1. The number of aliphatic carboxylic acids is 1. The Hall–Kier alpha value is -2.81. The summed E-state index contributed by atoms with van der Waals surface area (Å²) in [4.78, 5) is 17.7.